The molecule has 0 aromatic heterocycles. The van der Waals surface area contributed by atoms with Gasteiger partial charge in [0.05, 0.1) is 31.3 Å². The van der Waals surface area contributed by atoms with Crippen LogP contribution in [0.2, 0.25) is 0 Å². The molecule has 1 aromatic carbocycles. The van der Waals surface area contributed by atoms with Crippen molar-refractivity contribution in [2.45, 2.75) is 31.2 Å². The number of hydrogen-bond donors (Lipinski definition) is 0. The van der Waals surface area contributed by atoms with Gasteiger partial charge in [0, 0.05) is 18.4 Å². The van der Waals surface area contributed by atoms with Gasteiger partial charge in [0.1, 0.15) is 5.75 Å². The first-order valence-electron chi connectivity index (χ1n) is 8.46. The standard InChI is InChI=1S/C19H18F3NO5/c1-26-17(24)14-9-23(12-5-6-12)10-15(18(25)27-2)16(14)11-3-7-13(8-4-11)28-19(20,21)22/h3-4,7-10,12,16H,5-6H2,1-2H3. The SMILES string of the molecule is COC(=O)C1=CN(C2CC2)C=C(C(=O)OC)C1c1ccc(OC(F)(F)F)cc1. The smallest absolute Gasteiger partial charge is 0.466 e. The number of rotatable bonds is 5. The fraction of sp³-hybridized carbons (Fsp3) is 0.368. The highest BCUT2D eigenvalue weighted by atomic mass is 19.4. The Kier molecular flexibility index (Phi) is 5.35. The second-order valence-corrected chi connectivity index (χ2v) is 6.38. The van der Waals surface area contributed by atoms with E-state index in [9.17, 15) is 22.8 Å². The van der Waals surface area contributed by atoms with Crippen molar-refractivity contribution in [1.82, 2.24) is 4.90 Å². The number of carbonyl (C=O) groups excluding carboxylic acids is 2. The molecule has 9 heteroatoms. The lowest BCUT2D eigenvalue weighted by Crippen LogP contribution is -2.29. The zero-order valence-electron chi connectivity index (χ0n) is 15.2. The molecule has 0 saturated heterocycles. The second-order valence-electron chi connectivity index (χ2n) is 6.38. The highest BCUT2D eigenvalue weighted by molar-refractivity contribution is 5.98. The summed E-state index contributed by atoms with van der Waals surface area (Å²) in [4.78, 5) is 26.5. The molecule has 0 N–H and O–H groups in total. The van der Waals surface area contributed by atoms with Gasteiger partial charge in [0.15, 0.2) is 0 Å². The Labute approximate surface area is 159 Å². The molecular formula is C19H18F3NO5. The minimum atomic E-state index is -4.81. The van der Waals surface area contributed by atoms with Crippen molar-refractivity contribution >= 4 is 11.9 Å². The summed E-state index contributed by atoms with van der Waals surface area (Å²) in [6, 6.07) is 5.17. The summed E-state index contributed by atoms with van der Waals surface area (Å²) in [7, 11) is 2.44. The van der Waals surface area contributed by atoms with E-state index in [1.807, 2.05) is 0 Å². The Balaban J connectivity index is 2.00. The number of methoxy groups -OCH3 is 2. The molecule has 2 aliphatic rings. The Morgan fingerprint density at radius 3 is 1.86 bits per heavy atom. The average molecular weight is 397 g/mol. The van der Waals surface area contributed by atoms with Crippen LogP contribution >= 0.6 is 0 Å². The molecular weight excluding hydrogens is 379 g/mol. The molecule has 3 rings (SSSR count). The molecule has 1 aromatic rings. The summed E-state index contributed by atoms with van der Waals surface area (Å²) in [5, 5.41) is 0. The van der Waals surface area contributed by atoms with Gasteiger partial charge in [-0.3, -0.25) is 0 Å². The Hall–Kier alpha value is -2.97. The van der Waals surface area contributed by atoms with Crippen molar-refractivity contribution in [2.24, 2.45) is 0 Å². The predicted octanol–water partition coefficient (Wildman–Crippen LogP) is 3.26. The fourth-order valence-corrected chi connectivity index (χ4v) is 3.06. The van der Waals surface area contributed by atoms with Gasteiger partial charge in [0.25, 0.3) is 0 Å². The largest absolute Gasteiger partial charge is 0.573 e. The van der Waals surface area contributed by atoms with Gasteiger partial charge in [-0.2, -0.15) is 0 Å². The van der Waals surface area contributed by atoms with Gasteiger partial charge >= 0.3 is 18.3 Å². The van der Waals surface area contributed by atoms with E-state index in [0.29, 0.717) is 5.56 Å². The van der Waals surface area contributed by atoms with E-state index in [4.69, 9.17) is 9.47 Å². The maximum Gasteiger partial charge on any atom is 0.573 e. The number of ether oxygens (including phenoxy) is 3. The molecule has 1 saturated carbocycles. The summed E-state index contributed by atoms with van der Waals surface area (Å²) in [6.45, 7) is 0. The molecule has 1 aliphatic carbocycles. The zero-order chi connectivity index (χ0) is 20.5. The van der Waals surface area contributed by atoms with Crippen LogP contribution in [0.1, 0.15) is 24.3 Å². The van der Waals surface area contributed by atoms with Crippen molar-refractivity contribution < 1.29 is 37.0 Å². The Morgan fingerprint density at radius 2 is 1.46 bits per heavy atom. The lowest BCUT2D eigenvalue weighted by Gasteiger charge is -2.30. The average Bonchev–Trinajstić information content (AvgIpc) is 3.50. The summed E-state index contributed by atoms with van der Waals surface area (Å²) >= 11 is 0. The monoisotopic (exact) mass is 397 g/mol. The quantitative estimate of drug-likeness (QED) is 0.711. The Bertz CT molecular complexity index is 791. The van der Waals surface area contributed by atoms with Crippen molar-refractivity contribution in [3.05, 3.63) is 53.4 Å². The van der Waals surface area contributed by atoms with Crippen molar-refractivity contribution in [2.75, 3.05) is 14.2 Å². The van der Waals surface area contributed by atoms with Crippen LogP contribution < -0.4 is 4.74 Å². The van der Waals surface area contributed by atoms with E-state index in [1.54, 1.807) is 17.3 Å². The van der Waals surface area contributed by atoms with Crippen molar-refractivity contribution in [1.29, 1.82) is 0 Å². The van der Waals surface area contributed by atoms with Crippen LogP contribution in [0.15, 0.2) is 47.8 Å². The molecule has 0 atom stereocenters. The number of carbonyl (C=O) groups is 2. The summed E-state index contributed by atoms with van der Waals surface area (Å²) in [5.74, 6) is -2.52. The number of benzene rings is 1. The van der Waals surface area contributed by atoms with E-state index in [1.165, 1.54) is 26.4 Å². The molecule has 0 spiro atoms. The third-order valence-electron chi connectivity index (χ3n) is 4.46. The fourth-order valence-electron chi connectivity index (χ4n) is 3.06. The normalized spacial score (nSPS) is 17.5. The highest BCUT2D eigenvalue weighted by Crippen LogP contribution is 2.41. The summed E-state index contributed by atoms with van der Waals surface area (Å²) in [5.41, 5.74) is 0.821. The molecule has 0 amide bonds. The van der Waals surface area contributed by atoms with Crippen LogP contribution in [0, 0.1) is 0 Å². The van der Waals surface area contributed by atoms with E-state index >= 15 is 0 Å². The second kappa shape index (κ2) is 7.57. The maximum absolute atomic E-state index is 12.4. The van der Waals surface area contributed by atoms with Crippen LogP contribution in [0.4, 0.5) is 13.2 Å². The molecule has 1 heterocycles. The van der Waals surface area contributed by atoms with E-state index in [0.717, 1.165) is 25.0 Å². The lowest BCUT2D eigenvalue weighted by molar-refractivity contribution is -0.274. The Morgan fingerprint density at radius 1 is 0.964 bits per heavy atom. The van der Waals surface area contributed by atoms with Crippen LogP contribution in [0.5, 0.6) is 5.75 Å². The molecule has 6 nitrogen and oxygen atoms in total. The molecule has 150 valence electrons. The zero-order valence-corrected chi connectivity index (χ0v) is 15.2. The van der Waals surface area contributed by atoms with E-state index < -0.39 is 30.0 Å². The van der Waals surface area contributed by atoms with Gasteiger partial charge < -0.3 is 19.1 Å². The third-order valence-corrected chi connectivity index (χ3v) is 4.46. The number of halogens is 3. The van der Waals surface area contributed by atoms with Gasteiger partial charge in [0.2, 0.25) is 0 Å². The topological polar surface area (TPSA) is 65.1 Å². The molecule has 0 radical (unpaired) electrons. The van der Waals surface area contributed by atoms with Gasteiger partial charge in [-0.15, -0.1) is 13.2 Å². The van der Waals surface area contributed by atoms with Gasteiger partial charge in [-0.25, -0.2) is 9.59 Å². The van der Waals surface area contributed by atoms with Crippen molar-refractivity contribution in [3.63, 3.8) is 0 Å². The number of alkyl halides is 3. The predicted molar refractivity (Wildman–Crippen MR) is 90.9 cm³/mol. The first-order chi connectivity index (χ1) is 13.2. The first kappa shape index (κ1) is 19.8. The van der Waals surface area contributed by atoms with Crippen molar-refractivity contribution in [3.8, 4) is 5.75 Å². The van der Waals surface area contributed by atoms with E-state index in [2.05, 4.69) is 4.74 Å². The number of hydrogen-bond acceptors (Lipinski definition) is 6. The lowest BCUT2D eigenvalue weighted by atomic mass is 9.83. The molecule has 0 unspecified atom stereocenters. The van der Waals surface area contributed by atoms with E-state index in [-0.39, 0.29) is 17.2 Å². The van der Waals surface area contributed by atoms with Crippen LogP contribution in [-0.4, -0.2) is 43.5 Å². The van der Waals surface area contributed by atoms with Crippen LogP contribution in [0.25, 0.3) is 0 Å². The van der Waals surface area contributed by atoms with Crippen LogP contribution in [0.3, 0.4) is 0 Å². The molecule has 28 heavy (non-hydrogen) atoms. The number of nitrogens with zero attached hydrogens (tertiary/aromatic N) is 1. The highest BCUT2D eigenvalue weighted by Gasteiger charge is 2.38. The molecule has 0 bridgehead atoms. The number of esters is 2. The third kappa shape index (κ3) is 4.29. The maximum atomic E-state index is 12.4. The molecule has 1 fully saturated rings. The van der Waals surface area contributed by atoms with Crippen LogP contribution in [-0.2, 0) is 19.1 Å². The minimum absolute atomic E-state index is 0.183. The minimum Gasteiger partial charge on any atom is -0.466 e. The summed E-state index contributed by atoms with van der Waals surface area (Å²) in [6.07, 6.45) is 0.251. The molecule has 1 aliphatic heterocycles. The van der Waals surface area contributed by atoms with Gasteiger partial charge in [-0.1, -0.05) is 12.1 Å². The van der Waals surface area contributed by atoms with Gasteiger partial charge in [-0.05, 0) is 30.5 Å². The first-order valence-corrected chi connectivity index (χ1v) is 8.46. The summed E-state index contributed by atoms with van der Waals surface area (Å²) < 4.78 is 50.7.